The van der Waals surface area contributed by atoms with Crippen molar-refractivity contribution >= 4 is 46.7 Å². The molecule has 3 atom stereocenters. The van der Waals surface area contributed by atoms with Crippen LogP contribution in [-0.2, 0) is 23.9 Å². The number of amides is 2. The number of thiophene rings is 1. The van der Waals surface area contributed by atoms with Crippen molar-refractivity contribution in [3.8, 4) is 0 Å². The summed E-state index contributed by atoms with van der Waals surface area (Å²) < 4.78 is 5.39. The molecule has 4 N–H and O–H groups in total. The molecule has 1 fully saturated rings. The van der Waals surface area contributed by atoms with Crippen LogP contribution in [0, 0.1) is 0 Å². The number of carboxylic acid groups (broad SMARTS) is 1. The first-order chi connectivity index (χ1) is 14.3. The van der Waals surface area contributed by atoms with Crippen LogP contribution in [0.5, 0.6) is 0 Å². The van der Waals surface area contributed by atoms with E-state index in [9.17, 15) is 24.3 Å². The maximum Gasteiger partial charge on any atom is 0.353 e. The van der Waals surface area contributed by atoms with Gasteiger partial charge in [-0.3, -0.25) is 19.3 Å². The summed E-state index contributed by atoms with van der Waals surface area (Å²) in [5.41, 5.74) is 4.01. The van der Waals surface area contributed by atoms with E-state index >= 15 is 0 Å². The number of fused-ring (bicyclic) bond motifs is 1. The minimum atomic E-state index is -1.74. The van der Waals surface area contributed by atoms with Crippen LogP contribution in [0.2, 0.25) is 0 Å². The standard InChI is InChI=1S/C19H23N3O6S2/c1-3-4-6-11(23)10-9-30-18-19(28-2,17(27)22(18)14(10)16(25)26)21-15(24)13(20)12-7-5-8-29-12/h5,7-8,13,18H,3-4,6,9,20H2,1-2H3,(H,21,24)(H,25,26)/t13?,18-,19?/m1/s1. The van der Waals surface area contributed by atoms with Gasteiger partial charge in [-0.1, -0.05) is 19.4 Å². The van der Waals surface area contributed by atoms with Gasteiger partial charge in [0.1, 0.15) is 17.1 Å². The molecule has 2 amide bonds. The zero-order valence-corrected chi connectivity index (χ0v) is 18.2. The number of rotatable bonds is 9. The molecule has 30 heavy (non-hydrogen) atoms. The van der Waals surface area contributed by atoms with Crippen molar-refractivity contribution in [2.24, 2.45) is 5.73 Å². The van der Waals surface area contributed by atoms with Gasteiger partial charge >= 0.3 is 5.97 Å². The van der Waals surface area contributed by atoms with E-state index in [2.05, 4.69) is 5.32 Å². The number of ether oxygens (including phenoxy) is 1. The highest BCUT2D eigenvalue weighted by Gasteiger charge is 2.67. The number of hydrogen-bond acceptors (Lipinski definition) is 8. The molecular formula is C19H23N3O6S2. The van der Waals surface area contributed by atoms with E-state index in [-0.39, 0.29) is 29.2 Å². The van der Waals surface area contributed by atoms with E-state index < -0.39 is 34.9 Å². The summed E-state index contributed by atoms with van der Waals surface area (Å²) >= 11 is 2.48. The van der Waals surface area contributed by atoms with Crippen LogP contribution in [0.1, 0.15) is 37.1 Å². The zero-order valence-electron chi connectivity index (χ0n) is 16.5. The fraction of sp³-hybridized carbons (Fsp3) is 0.474. The van der Waals surface area contributed by atoms with Gasteiger partial charge < -0.3 is 20.9 Å². The number of carbonyl (C=O) groups excluding carboxylic acids is 3. The van der Waals surface area contributed by atoms with E-state index in [0.29, 0.717) is 11.3 Å². The molecular weight excluding hydrogens is 430 g/mol. The summed E-state index contributed by atoms with van der Waals surface area (Å²) in [6.45, 7) is 1.93. The normalized spacial score (nSPS) is 24.2. The fourth-order valence-corrected chi connectivity index (χ4v) is 5.63. The number of ketones is 1. The van der Waals surface area contributed by atoms with Gasteiger partial charge in [0, 0.05) is 29.7 Å². The quantitative estimate of drug-likeness (QED) is 0.375. The van der Waals surface area contributed by atoms with Crippen molar-refractivity contribution < 1.29 is 29.0 Å². The average molecular weight is 454 g/mol. The van der Waals surface area contributed by atoms with Crippen molar-refractivity contribution in [3.05, 3.63) is 33.7 Å². The summed E-state index contributed by atoms with van der Waals surface area (Å²) in [6, 6.07) is 2.47. The van der Waals surface area contributed by atoms with Crippen LogP contribution in [0.4, 0.5) is 0 Å². The predicted octanol–water partition coefficient (Wildman–Crippen LogP) is 1.22. The molecule has 1 aromatic rings. The lowest BCUT2D eigenvalue weighted by molar-refractivity contribution is -0.192. The molecule has 0 bridgehead atoms. The van der Waals surface area contributed by atoms with E-state index in [4.69, 9.17) is 10.5 Å². The van der Waals surface area contributed by atoms with Gasteiger partial charge in [0.25, 0.3) is 11.6 Å². The smallest absolute Gasteiger partial charge is 0.353 e. The van der Waals surface area contributed by atoms with E-state index in [1.807, 2.05) is 6.92 Å². The average Bonchev–Trinajstić information content (AvgIpc) is 3.28. The number of nitrogens with two attached hydrogens (primary N) is 1. The van der Waals surface area contributed by atoms with Crippen molar-refractivity contribution in [1.29, 1.82) is 0 Å². The second-order valence-corrected chi connectivity index (χ2v) is 8.97. The Morgan fingerprint density at radius 2 is 2.20 bits per heavy atom. The van der Waals surface area contributed by atoms with Gasteiger partial charge in [-0.15, -0.1) is 23.1 Å². The lowest BCUT2D eigenvalue weighted by atomic mass is 9.95. The highest BCUT2D eigenvalue weighted by atomic mass is 32.2. The highest BCUT2D eigenvalue weighted by molar-refractivity contribution is 8.00. The molecule has 0 radical (unpaired) electrons. The van der Waals surface area contributed by atoms with Gasteiger partial charge in [-0.2, -0.15) is 0 Å². The Morgan fingerprint density at radius 3 is 2.77 bits per heavy atom. The van der Waals surface area contributed by atoms with Gasteiger partial charge in [-0.25, -0.2) is 4.79 Å². The molecule has 9 nitrogen and oxygen atoms in total. The first kappa shape index (κ1) is 22.5. The number of thioether (sulfide) groups is 1. The highest BCUT2D eigenvalue weighted by Crippen LogP contribution is 2.47. The third-order valence-corrected chi connectivity index (χ3v) is 7.36. The Bertz CT molecular complexity index is 900. The minimum Gasteiger partial charge on any atom is -0.477 e. The monoisotopic (exact) mass is 453 g/mol. The summed E-state index contributed by atoms with van der Waals surface area (Å²) in [5.74, 6) is -2.89. The third kappa shape index (κ3) is 3.66. The van der Waals surface area contributed by atoms with Crippen LogP contribution in [-0.4, -0.2) is 57.5 Å². The predicted molar refractivity (Wildman–Crippen MR) is 111 cm³/mol. The maximum atomic E-state index is 13.0. The van der Waals surface area contributed by atoms with Crippen LogP contribution in [0.25, 0.3) is 0 Å². The Morgan fingerprint density at radius 1 is 1.47 bits per heavy atom. The largest absolute Gasteiger partial charge is 0.477 e. The van der Waals surface area contributed by atoms with Gasteiger partial charge in [0.15, 0.2) is 5.78 Å². The summed E-state index contributed by atoms with van der Waals surface area (Å²) in [6.07, 6.45) is 1.65. The van der Waals surface area contributed by atoms with Crippen molar-refractivity contribution in [2.75, 3.05) is 12.9 Å². The summed E-state index contributed by atoms with van der Waals surface area (Å²) in [4.78, 5) is 51.7. The number of nitrogens with one attached hydrogen (secondary N) is 1. The summed E-state index contributed by atoms with van der Waals surface area (Å²) in [5, 5.41) is 13.2. The minimum absolute atomic E-state index is 0.108. The first-order valence-corrected chi connectivity index (χ1v) is 11.3. The lowest BCUT2D eigenvalue weighted by Gasteiger charge is -2.55. The SMILES string of the molecule is CCCCC(=O)C1=C(C(=O)O)N2C(=O)C(NC(=O)C(N)c3cccs3)(OC)[C@H]2SC1. The molecule has 1 aromatic heterocycles. The second kappa shape index (κ2) is 8.88. The van der Waals surface area contributed by atoms with Crippen LogP contribution >= 0.6 is 23.1 Å². The van der Waals surface area contributed by atoms with E-state index in [0.717, 1.165) is 11.3 Å². The molecule has 2 unspecified atom stereocenters. The van der Waals surface area contributed by atoms with E-state index in [1.54, 1.807) is 17.5 Å². The van der Waals surface area contributed by atoms with Crippen LogP contribution in [0.15, 0.2) is 28.8 Å². The van der Waals surface area contributed by atoms with Gasteiger partial charge in [-0.05, 0) is 17.9 Å². The van der Waals surface area contributed by atoms with E-state index in [1.165, 1.54) is 30.2 Å². The molecule has 3 heterocycles. The molecule has 11 heteroatoms. The number of nitrogens with zero attached hydrogens (tertiary/aromatic N) is 1. The lowest BCUT2D eigenvalue weighted by Crippen LogP contribution is -2.81. The first-order valence-electron chi connectivity index (χ1n) is 9.39. The number of carbonyl (C=O) groups is 4. The fourth-order valence-electron chi connectivity index (χ4n) is 3.44. The number of hydrogen-bond donors (Lipinski definition) is 3. The molecule has 2 aliphatic heterocycles. The number of unbranched alkanes of at least 4 members (excludes halogenated alkanes) is 1. The number of carboxylic acids is 1. The Labute approximate surface area is 181 Å². The van der Waals surface area contributed by atoms with Crippen molar-refractivity contribution in [3.63, 3.8) is 0 Å². The number of Topliss-reactive ketones (excluding diaryl/α,β-unsaturated/α-hetero) is 1. The van der Waals surface area contributed by atoms with Crippen LogP contribution < -0.4 is 11.1 Å². The third-order valence-electron chi connectivity index (χ3n) is 5.09. The molecule has 0 saturated carbocycles. The molecule has 1 saturated heterocycles. The molecule has 3 rings (SSSR count). The Kier molecular flexibility index (Phi) is 6.65. The summed E-state index contributed by atoms with van der Waals surface area (Å²) in [7, 11) is 1.26. The van der Waals surface area contributed by atoms with Crippen molar-refractivity contribution in [1.82, 2.24) is 10.2 Å². The number of methoxy groups -OCH3 is 1. The number of β-lactam (4-membered cyclic amide) rings is 1. The molecule has 162 valence electrons. The maximum absolute atomic E-state index is 13.0. The zero-order chi connectivity index (χ0) is 22.1. The van der Waals surface area contributed by atoms with Crippen LogP contribution in [0.3, 0.4) is 0 Å². The molecule has 0 aliphatic carbocycles. The Hall–Kier alpha value is -2.21. The van der Waals surface area contributed by atoms with Gasteiger partial charge in [0.2, 0.25) is 5.91 Å². The number of aliphatic carboxylic acids is 1. The van der Waals surface area contributed by atoms with Crippen molar-refractivity contribution in [2.45, 2.75) is 43.3 Å². The van der Waals surface area contributed by atoms with Gasteiger partial charge in [0.05, 0.1) is 0 Å². The molecule has 0 aromatic carbocycles. The molecule has 2 aliphatic rings. The second-order valence-electron chi connectivity index (χ2n) is 6.92. The Balaban J connectivity index is 1.86. The topological polar surface area (TPSA) is 139 Å². The molecule has 0 spiro atoms.